The van der Waals surface area contributed by atoms with E-state index >= 15 is 0 Å². The van der Waals surface area contributed by atoms with Gasteiger partial charge in [-0.2, -0.15) is 0 Å². The van der Waals surface area contributed by atoms with E-state index in [1.165, 1.54) is 6.08 Å². The monoisotopic (exact) mass is 208 g/mol. The molecule has 2 atom stereocenters. The molecule has 82 valence electrons. The maximum Gasteiger partial charge on any atom is 0.331 e. The van der Waals surface area contributed by atoms with Crippen molar-refractivity contribution in [2.75, 3.05) is 0 Å². The van der Waals surface area contributed by atoms with Gasteiger partial charge in [-0.05, 0) is 12.5 Å². The fraction of sp³-hybridized carbons (Fsp3) is 0.417. The molecule has 0 aliphatic carbocycles. The summed E-state index contributed by atoms with van der Waals surface area (Å²) in [6.07, 6.45) is 11.1. The molecule has 1 aliphatic heterocycles. The maximum absolute atomic E-state index is 10.9. The molecule has 2 unspecified atom stereocenters. The molecule has 0 spiro atoms. The number of cyclic esters (lactones) is 1. The minimum atomic E-state index is -0.400. The van der Waals surface area contributed by atoms with Gasteiger partial charge >= 0.3 is 5.97 Å². The zero-order valence-corrected chi connectivity index (χ0v) is 8.80. The van der Waals surface area contributed by atoms with E-state index in [0.717, 1.165) is 0 Å². The number of ether oxygens (including phenoxy) is 1. The third-order valence-corrected chi connectivity index (χ3v) is 2.08. The van der Waals surface area contributed by atoms with Crippen molar-refractivity contribution in [3.8, 4) is 0 Å². The predicted octanol–water partition coefficient (Wildman–Crippen LogP) is 1.74. The van der Waals surface area contributed by atoms with E-state index in [0.29, 0.717) is 12.8 Å². The third-order valence-electron chi connectivity index (χ3n) is 2.08. The second kappa shape index (κ2) is 6.19. The van der Waals surface area contributed by atoms with Gasteiger partial charge in [0.25, 0.3) is 0 Å². The van der Waals surface area contributed by atoms with E-state index in [1.54, 1.807) is 30.4 Å². The molecular weight excluding hydrogens is 192 g/mol. The lowest BCUT2D eigenvalue weighted by molar-refractivity contribution is -0.141. The van der Waals surface area contributed by atoms with Gasteiger partial charge in [0.05, 0.1) is 6.10 Å². The summed E-state index contributed by atoms with van der Waals surface area (Å²) in [5, 5.41) is 9.22. The molecule has 0 radical (unpaired) electrons. The molecule has 15 heavy (non-hydrogen) atoms. The quantitative estimate of drug-likeness (QED) is 0.565. The van der Waals surface area contributed by atoms with Crippen molar-refractivity contribution in [2.24, 2.45) is 0 Å². The van der Waals surface area contributed by atoms with Crippen LogP contribution in [0, 0.1) is 0 Å². The highest BCUT2D eigenvalue weighted by Crippen LogP contribution is 2.08. The molecule has 0 aromatic rings. The maximum atomic E-state index is 10.9. The van der Waals surface area contributed by atoms with Gasteiger partial charge in [0.1, 0.15) is 6.10 Å². The van der Waals surface area contributed by atoms with Crippen LogP contribution in [0.15, 0.2) is 36.5 Å². The number of carbonyl (C=O) groups excluding carboxylic acids is 1. The van der Waals surface area contributed by atoms with Gasteiger partial charge in [-0.15, -0.1) is 0 Å². The summed E-state index contributed by atoms with van der Waals surface area (Å²) in [6.45, 7) is 1.91. The first-order valence-electron chi connectivity index (χ1n) is 5.12. The minimum absolute atomic E-state index is 0.175. The van der Waals surface area contributed by atoms with Crippen LogP contribution >= 0.6 is 0 Å². The Hall–Kier alpha value is -1.35. The molecule has 0 bridgehead atoms. The zero-order chi connectivity index (χ0) is 11.1. The normalized spacial score (nSPS) is 23.6. The molecule has 0 aromatic carbocycles. The molecule has 0 saturated heterocycles. The Morgan fingerprint density at radius 3 is 3.13 bits per heavy atom. The summed E-state index contributed by atoms with van der Waals surface area (Å²) >= 11 is 0. The summed E-state index contributed by atoms with van der Waals surface area (Å²) in [4.78, 5) is 10.9. The Balaban J connectivity index is 2.35. The molecule has 0 aromatic heterocycles. The van der Waals surface area contributed by atoms with Crippen LogP contribution in [0.4, 0.5) is 0 Å². The van der Waals surface area contributed by atoms with E-state index in [9.17, 15) is 9.90 Å². The number of aliphatic hydroxyl groups excluding tert-OH is 1. The van der Waals surface area contributed by atoms with Crippen molar-refractivity contribution in [1.82, 2.24) is 0 Å². The van der Waals surface area contributed by atoms with Crippen LogP contribution in [0.2, 0.25) is 0 Å². The van der Waals surface area contributed by atoms with E-state index in [-0.39, 0.29) is 12.1 Å². The van der Waals surface area contributed by atoms with Gasteiger partial charge in [0.2, 0.25) is 0 Å². The second-order valence-electron chi connectivity index (χ2n) is 3.36. The van der Waals surface area contributed by atoms with Crippen LogP contribution in [-0.2, 0) is 9.53 Å². The zero-order valence-electron chi connectivity index (χ0n) is 8.80. The van der Waals surface area contributed by atoms with Crippen molar-refractivity contribution in [3.05, 3.63) is 36.5 Å². The Morgan fingerprint density at radius 1 is 1.67 bits per heavy atom. The van der Waals surface area contributed by atoms with E-state index in [2.05, 4.69) is 0 Å². The fourth-order valence-corrected chi connectivity index (χ4v) is 1.17. The summed E-state index contributed by atoms with van der Waals surface area (Å²) in [5.74, 6) is -0.298. The fourth-order valence-electron chi connectivity index (χ4n) is 1.17. The van der Waals surface area contributed by atoms with E-state index in [4.69, 9.17) is 4.74 Å². The lowest BCUT2D eigenvalue weighted by atomic mass is 10.2. The van der Waals surface area contributed by atoms with Crippen molar-refractivity contribution in [1.29, 1.82) is 0 Å². The molecule has 1 N–H and O–H groups in total. The first kappa shape index (κ1) is 11.7. The lowest BCUT2D eigenvalue weighted by Gasteiger charge is -2.14. The number of hydrogen-bond acceptors (Lipinski definition) is 3. The highest BCUT2D eigenvalue weighted by molar-refractivity contribution is 5.82. The highest BCUT2D eigenvalue weighted by Gasteiger charge is 2.11. The van der Waals surface area contributed by atoms with Crippen LogP contribution in [0.3, 0.4) is 0 Å². The van der Waals surface area contributed by atoms with E-state index in [1.807, 2.05) is 6.92 Å². The second-order valence-corrected chi connectivity index (χ2v) is 3.36. The first-order chi connectivity index (χ1) is 7.22. The minimum Gasteiger partial charge on any atom is -0.455 e. The topological polar surface area (TPSA) is 46.5 Å². The highest BCUT2D eigenvalue weighted by atomic mass is 16.5. The standard InChI is InChI=1S/C12H16O3/c1-2-10(13)6-3-4-7-11-8-5-9-12(14)15-11/h3-7,9-11,13H,2,8H2,1H3. The van der Waals surface area contributed by atoms with Crippen LogP contribution < -0.4 is 0 Å². The van der Waals surface area contributed by atoms with Crippen molar-refractivity contribution < 1.29 is 14.6 Å². The summed E-state index contributed by atoms with van der Waals surface area (Å²) < 4.78 is 5.01. The van der Waals surface area contributed by atoms with Crippen LogP contribution in [-0.4, -0.2) is 23.3 Å². The SMILES string of the molecule is CCC(O)C=CC=CC1CC=CC(=O)O1. The van der Waals surface area contributed by atoms with E-state index < -0.39 is 6.10 Å². The van der Waals surface area contributed by atoms with Crippen molar-refractivity contribution in [3.63, 3.8) is 0 Å². The Morgan fingerprint density at radius 2 is 2.47 bits per heavy atom. The molecule has 1 rings (SSSR count). The largest absolute Gasteiger partial charge is 0.455 e. The van der Waals surface area contributed by atoms with Crippen molar-refractivity contribution in [2.45, 2.75) is 32.0 Å². The van der Waals surface area contributed by atoms with Crippen LogP contribution in [0.1, 0.15) is 19.8 Å². The van der Waals surface area contributed by atoms with Gasteiger partial charge in [-0.1, -0.05) is 31.2 Å². The first-order valence-corrected chi connectivity index (χ1v) is 5.12. The molecule has 0 fully saturated rings. The number of allylic oxidation sites excluding steroid dienone is 2. The van der Waals surface area contributed by atoms with Gasteiger partial charge < -0.3 is 9.84 Å². The number of rotatable bonds is 4. The third kappa shape index (κ3) is 4.61. The van der Waals surface area contributed by atoms with Gasteiger partial charge in [0.15, 0.2) is 0 Å². The molecule has 1 aliphatic rings. The molecule has 0 amide bonds. The summed E-state index contributed by atoms with van der Waals surface area (Å²) in [5.41, 5.74) is 0. The van der Waals surface area contributed by atoms with Crippen molar-refractivity contribution >= 4 is 5.97 Å². The van der Waals surface area contributed by atoms with Gasteiger partial charge in [-0.3, -0.25) is 0 Å². The number of carbonyl (C=O) groups is 1. The summed E-state index contributed by atoms with van der Waals surface area (Å²) in [6, 6.07) is 0. The predicted molar refractivity (Wildman–Crippen MR) is 58.2 cm³/mol. The summed E-state index contributed by atoms with van der Waals surface area (Å²) in [7, 11) is 0. The number of aliphatic hydroxyl groups is 1. The van der Waals surface area contributed by atoms with Crippen LogP contribution in [0.25, 0.3) is 0 Å². The van der Waals surface area contributed by atoms with Gasteiger partial charge in [0, 0.05) is 12.5 Å². The molecular formula is C12H16O3. The molecule has 0 saturated carbocycles. The average molecular weight is 208 g/mol. The molecule has 1 heterocycles. The lowest BCUT2D eigenvalue weighted by Crippen LogP contribution is -2.17. The number of esters is 1. The Labute approximate surface area is 89.7 Å². The average Bonchev–Trinajstić information content (AvgIpc) is 2.24. The Kier molecular flexibility index (Phi) is 4.84. The Bertz CT molecular complexity index is 289. The number of hydrogen-bond donors (Lipinski definition) is 1. The molecule has 3 nitrogen and oxygen atoms in total. The van der Waals surface area contributed by atoms with Crippen LogP contribution in [0.5, 0.6) is 0 Å². The molecule has 3 heteroatoms. The van der Waals surface area contributed by atoms with Gasteiger partial charge in [-0.25, -0.2) is 4.79 Å². The smallest absolute Gasteiger partial charge is 0.331 e.